The smallest absolute Gasteiger partial charge is 0.417 e. The first-order chi connectivity index (χ1) is 62.9. The summed E-state index contributed by atoms with van der Waals surface area (Å²) in [4.78, 5) is 0. The molecule has 660 valence electrons. The number of nitrogens with two attached hydrogens (primary N) is 5. The van der Waals surface area contributed by atoms with E-state index in [0.717, 1.165) is 165 Å². The van der Waals surface area contributed by atoms with E-state index in [0.29, 0.717) is 11.3 Å². The van der Waals surface area contributed by atoms with E-state index in [4.69, 9.17) is 66.6 Å². The molecule has 0 spiro atoms. The number of halogens is 3. The zero-order valence-corrected chi connectivity index (χ0v) is 75.2. The van der Waals surface area contributed by atoms with Crippen LogP contribution in [-0.2, 0) is 11.6 Å². The Labute approximate surface area is 765 Å². The minimum Gasteiger partial charge on any atom is -0.457 e. The van der Waals surface area contributed by atoms with Crippen LogP contribution in [-0.4, -0.2) is 0 Å². The standard InChI is InChI=1S/C28H27NO2.2C25H21NO2.C22H23NO2.C15H14F3N/c1-20-4-12-24(13-5-20)30-25-14-6-21(7-15-25)28(2,3)22-8-16-26(17-9-22)31-27-18-10-23(29)11-19-27;1-18-2-10-22(11-3-18)27-23-12-4-19(5-13-23)20-6-14-24(15-7-20)28-25-16-8-21(26)9-17-25;1-18-7-11-21(12-8-18)27-23-15-16-25(28-22-13-9-20(26)10-14-22)24(17-23)19-5-3-2-4-6-19;1-14-5-9-19(10-6-14)24-21-13-15(2)22(17(4)16(21)3)25-20-11-7-18(23)8-12-20;1-9-3-5-12(10(2)7-9)13-6-4-11(19)8-14(13)15(16,17)18/h4-19H,29H2,1-3H3;2*2-17H,26H2,1H3;5-13H,23H2,1-4H3;3-8H,19H2,1-2H3. The molecule has 17 aromatic carbocycles. The summed E-state index contributed by atoms with van der Waals surface area (Å²) >= 11 is 0. The Bertz CT molecular complexity index is 6410. The maximum atomic E-state index is 13.1. The summed E-state index contributed by atoms with van der Waals surface area (Å²) in [6, 6.07) is 122. The van der Waals surface area contributed by atoms with E-state index in [1.807, 2.05) is 324 Å². The molecule has 0 atom stereocenters. The lowest BCUT2D eigenvalue weighted by molar-refractivity contribution is -0.137. The molecule has 0 heterocycles. The molecule has 0 amide bonds. The van der Waals surface area contributed by atoms with Gasteiger partial charge in [0.05, 0.1) is 5.56 Å². The number of aryl methyl sites for hydroxylation is 7. The molecule has 17 rings (SSSR count). The number of benzene rings is 17. The third-order valence-electron chi connectivity index (χ3n) is 21.7. The van der Waals surface area contributed by atoms with E-state index in [-0.39, 0.29) is 16.7 Å². The molecule has 0 aliphatic carbocycles. The first kappa shape index (κ1) is 92.6. The molecular weight excluding hydrogens is 1640 g/mol. The summed E-state index contributed by atoms with van der Waals surface area (Å²) in [6.07, 6.45) is -4.41. The minimum atomic E-state index is -4.41. The molecule has 0 radical (unpaired) electrons. The van der Waals surface area contributed by atoms with Crippen LogP contribution < -0.4 is 66.6 Å². The van der Waals surface area contributed by atoms with Gasteiger partial charge in [-0.3, -0.25) is 0 Å². The van der Waals surface area contributed by atoms with Crippen LogP contribution in [0.4, 0.5) is 41.6 Å². The monoisotopic (exact) mass is 1740 g/mol. The van der Waals surface area contributed by atoms with Crippen LogP contribution >= 0.6 is 0 Å². The SMILES string of the molecule is Cc1ccc(-c2ccc(N)cc2C(F)(F)F)c(C)c1.Cc1ccc(Oc2cc(C)c(Oc3ccc(N)cc3)c(C)c2C)cc1.Cc1ccc(Oc2ccc(-c3ccc(Oc4ccc(N)cc4)cc3)cc2)cc1.Cc1ccc(Oc2ccc(C(C)(C)c3ccc(Oc4ccc(N)cc4)cc3)cc2)cc1.Cc1ccc(Oc2ccc(Oc3ccc(N)cc3)c(-c3ccccc3)c2)cc1. The molecule has 0 fully saturated rings. The van der Waals surface area contributed by atoms with E-state index in [1.54, 1.807) is 19.1 Å². The summed E-state index contributed by atoms with van der Waals surface area (Å²) < 4.78 is 87.1. The van der Waals surface area contributed by atoms with Crippen LogP contribution in [0.3, 0.4) is 0 Å². The topological polar surface area (TPSA) is 204 Å². The van der Waals surface area contributed by atoms with E-state index in [1.165, 1.54) is 45.5 Å². The van der Waals surface area contributed by atoms with Crippen LogP contribution in [0, 0.1) is 62.3 Å². The molecule has 0 saturated heterocycles. The van der Waals surface area contributed by atoms with E-state index in [2.05, 4.69) is 97.0 Å². The Morgan fingerprint density at radius 2 is 0.511 bits per heavy atom. The van der Waals surface area contributed by atoms with Gasteiger partial charge in [-0.15, -0.1) is 0 Å². The van der Waals surface area contributed by atoms with Gasteiger partial charge < -0.3 is 66.6 Å². The zero-order valence-electron chi connectivity index (χ0n) is 75.2. The fourth-order valence-corrected chi connectivity index (χ4v) is 14.0. The first-order valence-corrected chi connectivity index (χ1v) is 42.8. The summed E-state index contributed by atoms with van der Waals surface area (Å²) in [5.41, 5.74) is 47.8. The molecule has 0 saturated carbocycles. The van der Waals surface area contributed by atoms with Crippen molar-refractivity contribution in [2.75, 3.05) is 28.7 Å². The molecule has 16 heteroatoms. The average molecular weight is 1740 g/mol. The van der Waals surface area contributed by atoms with Crippen molar-refractivity contribution in [3.8, 4) is 125 Å². The Morgan fingerprint density at radius 1 is 0.214 bits per heavy atom. The Hall–Kier alpha value is -16.1. The summed E-state index contributed by atoms with van der Waals surface area (Å²) in [7, 11) is 0. The number of nitrogen functional groups attached to an aromatic ring is 5. The highest BCUT2D eigenvalue weighted by Gasteiger charge is 2.34. The molecular formula is C115H106F3N5O8. The van der Waals surface area contributed by atoms with Crippen molar-refractivity contribution >= 4 is 28.4 Å². The van der Waals surface area contributed by atoms with Crippen molar-refractivity contribution in [2.24, 2.45) is 0 Å². The lowest BCUT2D eigenvalue weighted by Crippen LogP contribution is -2.18. The fraction of sp³-hybridized carbons (Fsp3) is 0.113. The third kappa shape index (κ3) is 26.3. The molecule has 0 aromatic heterocycles. The van der Waals surface area contributed by atoms with Crippen molar-refractivity contribution in [1.29, 1.82) is 0 Å². The third-order valence-corrected chi connectivity index (χ3v) is 21.7. The lowest BCUT2D eigenvalue weighted by atomic mass is 9.78. The predicted octanol–water partition coefficient (Wildman–Crippen LogP) is 31.8. The van der Waals surface area contributed by atoms with Crippen molar-refractivity contribution in [3.63, 3.8) is 0 Å². The molecule has 17 aromatic rings. The molecule has 131 heavy (non-hydrogen) atoms. The van der Waals surface area contributed by atoms with E-state index >= 15 is 0 Å². The highest BCUT2D eigenvalue weighted by molar-refractivity contribution is 5.75. The van der Waals surface area contributed by atoms with Gasteiger partial charge in [-0.05, 0) is 354 Å². The molecule has 10 N–H and O–H groups in total. The van der Waals surface area contributed by atoms with Gasteiger partial charge >= 0.3 is 6.18 Å². The van der Waals surface area contributed by atoms with Crippen molar-refractivity contribution in [1.82, 2.24) is 0 Å². The van der Waals surface area contributed by atoms with Gasteiger partial charge in [0.25, 0.3) is 0 Å². The van der Waals surface area contributed by atoms with Crippen LogP contribution in [0.5, 0.6) is 92.0 Å². The van der Waals surface area contributed by atoms with Crippen molar-refractivity contribution in [3.05, 3.63) is 449 Å². The minimum absolute atomic E-state index is 0.112. The number of anilines is 5. The average Bonchev–Trinajstić information content (AvgIpc) is 0.807. The molecule has 0 aliphatic heterocycles. The number of hydrogen-bond donors (Lipinski definition) is 5. The molecule has 0 aliphatic rings. The second-order valence-corrected chi connectivity index (χ2v) is 32.5. The highest BCUT2D eigenvalue weighted by atomic mass is 19.4. The fourth-order valence-electron chi connectivity index (χ4n) is 14.0. The quantitative estimate of drug-likeness (QED) is 0.0426. The zero-order chi connectivity index (χ0) is 92.7. The largest absolute Gasteiger partial charge is 0.457 e. The lowest BCUT2D eigenvalue weighted by Gasteiger charge is -2.26. The normalized spacial score (nSPS) is 10.8. The second-order valence-electron chi connectivity index (χ2n) is 32.5. The van der Waals surface area contributed by atoms with Gasteiger partial charge in [0.15, 0.2) is 0 Å². The Morgan fingerprint density at radius 3 is 0.878 bits per heavy atom. The van der Waals surface area contributed by atoms with Crippen molar-refractivity contribution < 1.29 is 51.1 Å². The van der Waals surface area contributed by atoms with Gasteiger partial charge in [-0.2, -0.15) is 13.2 Å². The Kier molecular flexibility index (Phi) is 30.4. The Balaban J connectivity index is 0.000000140. The first-order valence-electron chi connectivity index (χ1n) is 42.8. The summed E-state index contributed by atoms with van der Waals surface area (Å²) in [5.74, 6) is 12.8. The highest BCUT2D eigenvalue weighted by Crippen LogP contribution is 2.44. The summed E-state index contributed by atoms with van der Waals surface area (Å²) in [6.45, 7) is 22.5. The van der Waals surface area contributed by atoms with Gasteiger partial charge in [0, 0.05) is 39.4 Å². The van der Waals surface area contributed by atoms with Gasteiger partial charge in [0.2, 0.25) is 0 Å². The van der Waals surface area contributed by atoms with Crippen LogP contribution in [0.2, 0.25) is 0 Å². The van der Waals surface area contributed by atoms with E-state index < -0.39 is 11.7 Å². The van der Waals surface area contributed by atoms with Crippen LogP contribution in [0.25, 0.3) is 33.4 Å². The maximum absolute atomic E-state index is 13.1. The van der Waals surface area contributed by atoms with Gasteiger partial charge in [-0.25, -0.2) is 0 Å². The van der Waals surface area contributed by atoms with Crippen LogP contribution in [0.1, 0.15) is 80.6 Å². The van der Waals surface area contributed by atoms with Crippen molar-refractivity contribution in [2.45, 2.75) is 87.8 Å². The number of rotatable bonds is 21. The molecule has 0 unspecified atom stereocenters. The maximum Gasteiger partial charge on any atom is 0.417 e. The molecule has 13 nitrogen and oxygen atoms in total. The van der Waals surface area contributed by atoms with Gasteiger partial charge in [-0.1, -0.05) is 193 Å². The number of ether oxygens (including phenoxy) is 8. The summed E-state index contributed by atoms with van der Waals surface area (Å²) in [5, 5.41) is 0. The predicted molar refractivity (Wildman–Crippen MR) is 529 cm³/mol. The van der Waals surface area contributed by atoms with Gasteiger partial charge in [0.1, 0.15) is 92.0 Å². The molecule has 0 bridgehead atoms. The number of alkyl halides is 3. The van der Waals surface area contributed by atoms with Crippen LogP contribution in [0.15, 0.2) is 382 Å². The van der Waals surface area contributed by atoms with E-state index in [9.17, 15) is 13.2 Å². The number of hydrogen-bond acceptors (Lipinski definition) is 13. The second kappa shape index (κ2) is 42.9.